The molecule has 3 aromatic carbocycles. The molecule has 2 heterocycles. The van der Waals surface area contributed by atoms with Gasteiger partial charge in [-0.2, -0.15) is 9.78 Å². The Morgan fingerprint density at radius 1 is 1.12 bits per heavy atom. The lowest BCUT2D eigenvalue weighted by Crippen LogP contribution is -2.20. The van der Waals surface area contributed by atoms with Crippen LogP contribution in [-0.4, -0.2) is 23.0 Å². The van der Waals surface area contributed by atoms with Crippen LogP contribution in [0.5, 0.6) is 5.75 Å². The van der Waals surface area contributed by atoms with E-state index in [1.165, 1.54) is 4.68 Å². The van der Waals surface area contributed by atoms with Gasteiger partial charge in [-0.1, -0.05) is 28.1 Å². The standard InChI is InChI=1S/C24H15BrIN3O3/c1-31-21-8-6-14(10-18(21)26)13-27-29-23(28-19-5-3-2-4-17(19)24(29)30)22-12-15-11-16(25)7-9-20(15)32-22/h2-13H,1H3. The van der Waals surface area contributed by atoms with Gasteiger partial charge >= 0.3 is 0 Å². The lowest BCUT2D eigenvalue weighted by molar-refractivity contribution is 0.412. The maximum atomic E-state index is 13.3. The van der Waals surface area contributed by atoms with E-state index in [1.54, 1.807) is 25.5 Å². The molecule has 5 rings (SSSR count). The molecular weight excluding hydrogens is 585 g/mol. The van der Waals surface area contributed by atoms with Crippen molar-refractivity contribution in [2.75, 3.05) is 7.11 Å². The van der Waals surface area contributed by atoms with Gasteiger partial charge in [0.25, 0.3) is 5.56 Å². The van der Waals surface area contributed by atoms with Crippen molar-refractivity contribution in [1.82, 2.24) is 9.66 Å². The molecule has 0 N–H and O–H groups in total. The van der Waals surface area contributed by atoms with Crippen LogP contribution in [0.2, 0.25) is 0 Å². The first-order valence-corrected chi connectivity index (χ1v) is 11.5. The smallest absolute Gasteiger partial charge is 0.282 e. The summed E-state index contributed by atoms with van der Waals surface area (Å²) >= 11 is 5.68. The van der Waals surface area contributed by atoms with Gasteiger partial charge in [0.05, 0.1) is 27.8 Å². The van der Waals surface area contributed by atoms with Gasteiger partial charge in [-0.25, -0.2) is 4.98 Å². The summed E-state index contributed by atoms with van der Waals surface area (Å²) in [6.07, 6.45) is 1.63. The molecule has 0 aliphatic carbocycles. The first-order valence-electron chi connectivity index (χ1n) is 9.62. The number of hydrogen-bond donors (Lipinski definition) is 0. The summed E-state index contributed by atoms with van der Waals surface area (Å²) in [4.78, 5) is 18.0. The third kappa shape index (κ3) is 3.84. The Morgan fingerprint density at radius 2 is 1.97 bits per heavy atom. The van der Waals surface area contributed by atoms with Crippen LogP contribution in [-0.2, 0) is 0 Å². The van der Waals surface area contributed by atoms with Crippen molar-refractivity contribution >= 4 is 66.6 Å². The number of rotatable bonds is 4. The molecule has 0 atom stereocenters. The van der Waals surface area contributed by atoms with E-state index in [9.17, 15) is 4.79 Å². The molecule has 6 nitrogen and oxygen atoms in total. The molecular formula is C24H15BrIN3O3. The summed E-state index contributed by atoms with van der Waals surface area (Å²) in [6.45, 7) is 0. The number of aromatic nitrogens is 2. The van der Waals surface area contributed by atoms with Crippen LogP contribution >= 0.6 is 38.5 Å². The fourth-order valence-corrected chi connectivity index (χ4v) is 4.54. The number of methoxy groups -OCH3 is 1. The molecule has 0 bridgehead atoms. The molecule has 0 aliphatic rings. The van der Waals surface area contributed by atoms with Crippen LogP contribution in [0.25, 0.3) is 33.5 Å². The Hall–Kier alpha value is -2.98. The third-order valence-electron chi connectivity index (χ3n) is 4.95. The van der Waals surface area contributed by atoms with E-state index in [2.05, 4.69) is 43.6 Å². The Morgan fingerprint density at radius 3 is 2.78 bits per heavy atom. The summed E-state index contributed by atoms with van der Waals surface area (Å²) in [5, 5.41) is 5.87. The van der Waals surface area contributed by atoms with Gasteiger partial charge in [0.2, 0.25) is 5.82 Å². The Labute approximate surface area is 204 Å². The molecule has 8 heteroatoms. The summed E-state index contributed by atoms with van der Waals surface area (Å²) in [6, 6.07) is 20.5. The lowest BCUT2D eigenvalue weighted by atomic mass is 10.2. The van der Waals surface area contributed by atoms with Crippen LogP contribution in [0.1, 0.15) is 5.56 Å². The first-order chi connectivity index (χ1) is 15.5. The van der Waals surface area contributed by atoms with E-state index in [0.717, 1.165) is 24.7 Å². The average Bonchev–Trinajstić information content (AvgIpc) is 3.21. The molecule has 5 aromatic rings. The van der Waals surface area contributed by atoms with E-state index >= 15 is 0 Å². The van der Waals surface area contributed by atoms with Gasteiger partial charge in [-0.15, -0.1) is 0 Å². The highest BCUT2D eigenvalue weighted by Gasteiger charge is 2.16. The average molecular weight is 600 g/mol. The number of benzene rings is 3. The predicted octanol–water partition coefficient (Wildman–Crippen LogP) is 6.07. The highest BCUT2D eigenvalue weighted by atomic mass is 127. The first kappa shape index (κ1) is 20.9. The Kier molecular flexibility index (Phi) is 5.56. The minimum Gasteiger partial charge on any atom is -0.496 e. The summed E-state index contributed by atoms with van der Waals surface area (Å²) in [7, 11) is 1.63. The molecule has 0 fully saturated rings. The molecule has 0 saturated carbocycles. The molecule has 2 aromatic heterocycles. The second-order valence-corrected chi connectivity index (χ2v) is 9.08. The van der Waals surface area contributed by atoms with Crippen molar-refractivity contribution in [2.24, 2.45) is 5.10 Å². The number of ether oxygens (including phenoxy) is 1. The van der Waals surface area contributed by atoms with E-state index in [4.69, 9.17) is 14.1 Å². The molecule has 32 heavy (non-hydrogen) atoms. The van der Waals surface area contributed by atoms with Crippen molar-refractivity contribution in [3.63, 3.8) is 0 Å². The second-order valence-electron chi connectivity index (χ2n) is 7.00. The van der Waals surface area contributed by atoms with Crippen LogP contribution in [0.15, 0.2) is 85.5 Å². The SMILES string of the molecule is COc1ccc(C=Nn2c(-c3cc4cc(Br)ccc4o3)nc3ccccc3c2=O)cc1I. The fourth-order valence-electron chi connectivity index (χ4n) is 3.40. The molecule has 0 aliphatic heterocycles. The maximum absolute atomic E-state index is 13.3. The van der Waals surface area contributed by atoms with Crippen LogP contribution in [0.3, 0.4) is 0 Å². The van der Waals surface area contributed by atoms with Crippen LogP contribution < -0.4 is 10.3 Å². The number of hydrogen-bond acceptors (Lipinski definition) is 5. The monoisotopic (exact) mass is 599 g/mol. The maximum Gasteiger partial charge on any atom is 0.282 e. The predicted molar refractivity (Wildman–Crippen MR) is 138 cm³/mol. The van der Waals surface area contributed by atoms with E-state index < -0.39 is 0 Å². The van der Waals surface area contributed by atoms with Crippen LogP contribution in [0.4, 0.5) is 0 Å². The molecule has 0 spiro atoms. The fraction of sp³-hybridized carbons (Fsp3) is 0.0417. The second kappa shape index (κ2) is 8.51. The number of furan rings is 1. The molecule has 0 amide bonds. The normalized spacial score (nSPS) is 11.6. The van der Waals surface area contributed by atoms with Gasteiger partial charge in [0.1, 0.15) is 11.3 Å². The molecule has 0 saturated heterocycles. The minimum absolute atomic E-state index is 0.272. The number of para-hydroxylation sites is 1. The zero-order valence-electron chi connectivity index (χ0n) is 16.8. The van der Waals surface area contributed by atoms with Gasteiger partial charge < -0.3 is 9.15 Å². The van der Waals surface area contributed by atoms with Gasteiger partial charge in [0, 0.05) is 9.86 Å². The zero-order chi connectivity index (χ0) is 22.2. The van der Waals surface area contributed by atoms with E-state index in [0.29, 0.717) is 28.1 Å². The molecule has 0 radical (unpaired) electrons. The number of nitrogens with zero attached hydrogens (tertiary/aromatic N) is 3. The number of halogens is 2. The summed E-state index contributed by atoms with van der Waals surface area (Å²) < 4.78 is 14.5. The van der Waals surface area contributed by atoms with Gasteiger partial charge in [0.15, 0.2) is 5.76 Å². The lowest BCUT2D eigenvalue weighted by Gasteiger charge is -2.07. The minimum atomic E-state index is -0.272. The molecule has 0 unspecified atom stereocenters. The van der Waals surface area contributed by atoms with Gasteiger partial charge in [-0.3, -0.25) is 4.79 Å². The molecule has 158 valence electrons. The zero-order valence-corrected chi connectivity index (χ0v) is 20.5. The van der Waals surface area contributed by atoms with E-state index in [-0.39, 0.29) is 5.56 Å². The van der Waals surface area contributed by atoms with Crippen molar-refractivity contribution < 1.29 is 9.15 Å². The highest BCUT2D eigenvalue weighted by molar-refractivity contribution is 14.1. The van der Waals surface area contributed by atoms with Crippen molar-refractivity contribution in [3.05, 3.63) is 90.7 Å². The van der Waals surface area contributed by atoms with Crippen molar-refractivity contribution in [1.29, 1.82) is 0 Å². The van der Waals surface area contributed by atoms with Gasteiger partial charge in [-0.05, 0) is 82.8 Å². The number of fused-ring (bicyclic) bond motifs is 2. The van der Waals surface area contributed by atoms with Crippen LogP contribution in [0, 0.1) is 3.57 Å². The third-order valence-corrected chi connectivity index (χ3v) is 6.29. The Balaban J connectivity index is 1.70. The summed E-state index contributed by atoms with van der Waals surface area (Å²) in [5.74, 6) is 1.57. The highest BCUT2D eigenvalue weighted by Crippen LogP contribution is 2.29. The van der Waals surface area contributed by atoms with Crippen molar-refractivity contribution in [2.45, 2.75) is 0 Å². The largest absolute Gasteiger partial charge is 0.496 e. The summed E-state index contributed by atoms with van der Waals surface area (Å²) in [5.41, 5.74) is 1.84. The van der Waals surface area contributed by atoms with E-state index in [1.807, 2.05) is 54.6 Å². The topological polar surface area (TPSA) is 69.6 Å². The Bertz CT molecular complexity index is 1570. The van der Waals surface area contributed by atoms with Crippen molar-refractivity contribution in [3.8, 4) is 17.3 Å². The quantitative estimate of drug-likeness (QED) is 0.186.